The molecule has 106 valence electrons. The Hall–Kier alpha value is -0.840. The SMILES string of the molecule is Fc1ccc(SCCN(Cc2cccs2)C2CC2)cc1. The lowest BCUT2D eigenvalue weighted by atomic mass is 10.4. The van der Waals surface area contributed by atoms with Crippen molar-refractivity contribution in [3.63, 3.8) is 0 Å². The molecule has 1 nitrogen and oxygen atoms in total. The van der Waals surface area contributed by atoms with Gasteiger partial charge in [0.25, 0.3) is 0 Å². The number of thioether (sulfide) groups is 1. The van der Waals surface area contributed by atoms with Crippen molar-refractivity contribution in [3.05, 3.63) is 52.5 Å². The van der Waals surface area contributed by atoms with Crippen molar-refractivity contribution in [2.24, 2.45) is 0 Å². The molecule has 0 N–H and O–H groups in total. The normalized spacial score (nSPS) is 14.9. The molecule has 3 rings (SSSR count). The van der Waals surface area contributed by atoms with Crippen LogP contribution in [0.4, 0.5) is 4.39 Å². The van der Waals surface area contributed by atoms with Gasteiger partial charge >= 0.3 is 0 Å². The molecule has 1 aromatic carbocycles. The van der Waals surface area contributed by atoms with Gasteiger partial charge in [-0.2, -0.15) is 0 Å². The molecule has 1 aliphatic rings. The Morgan fingerprint density at radius 3 is 2.65 bits per heavy atom. The van der Waals surface area contributed by atoms with Gasteiger partial charge in [0.1, 0.15) is 5.82 Å². The summed E-state index contributed by atoms with van der Waals surface area (Å²) < 4.78 is 12.8. The first kappa shape index (κ1) is 14.1. The molecule has 1 aromatic heterocycles. The third kappa shape index (κ3) is 4.08. The molecule has 0 aliphatic heterocycles. The van der Waals surface area contributed by atoms with Crippen molar-refractivity contribution >= 4 is 23.1 Å². The molecule has 0 unspecified atom stereocenters. The summed E-state index contributed by atoms with van der Waals surface area (Å²) in [6.45, 7) is 2.18. The summed E-state index contributed by atoms with van der Waals surface area (Å²) in [5, 5.41) is 2.15. The third-order valence-electron chi connectivity index (χ3n) is 3.46. The maximum atomic E-state index is 12.8. The Balaban J connectivity index is 1.48. The highest BCUT2D eigenvalue weighted by atomic mass is 32.2. The molecule has 0 saturated heterocycles. The van der Waals surface area contributed by atoms with E-state index >= 15 is 0 Å². The molecule has 0 amide bonds. The van der Waals surface area contributed by atoms with Gasteiger partial charge in [0.2, 0.25) is 0 Å². The average molecular weight is 307 g/mol. The zero-order valence-electron chi connectivity index (χ0n) is 11.3. The number of thiophene rings is 1. The summed E-state index contributed by atoms with van der Waals surface area (Å²) in [6.07, 6.45) is 2.68. The van der Waals surface area contributed by atoms with E-state index in [4.69, 9.17) is 0 Å². The van der Waals surface area contributed by atoms with Gasteiger partial charge in [-0.3, -0.25) is 4.90 Å². The predicted octanol–water partition coefficient (Wildman–Crippen LogP) is 4.64. The van der Waals surface area contributed by atoms with Crippen molar-refractivity contribution in [2.45, 2.75) is 30.3 Å². The number of nitrogens with zero attached hydrogens (tertiary/aromatic N) is 1. The Bertz CT molecular complexity index is 520. The van der Waals surface area contributed by atoms with Crippen molar-refractivity contribution in [2.75, 3.05) is 12.3 Å². The molecule has 1 aliphatic carbocycles. The van der Waals surface area contributed by atoms with Crippen molar-refractivity contribution in [3.8, 4) is 0 Å². The lowest BCUT2D eigenvalue weighted by molar-refractivity contribution is 0.274. The second-order valence-electron chi connectivity index (χ2n) is 5.08. The molecule has 0 spiro atoms. The Morgan fingerprint density at radius 1 is 1.20 bits per heavy atom. The van der Waals surface area contributed by atoms with Crippen LogP contribution < -0.4 is 0 Å². The number of rotatable bonds is 7. The molecule has 0 bridgehead atoms. The minimum Gasteiger partial charge on any atom is -0.294 e. The Labute approximate surface area is 127 Å². The molecular weight excluding hydrogens is 289 g/mol. The Kier molecular flexibility index (Phi) is 4.76. The lowest BCUT2D eigenvalue weighted by Gasteiger charge is -2.20. The van der Waals surface area contributed by atoms with E-state index in [-0.39, 0.29) is 5.82 Å². The second-order valence-corrected chi connectivity index (χ2v) is 7.28. The van der Waals surface area contributed by atoms with Crippen LogP contribution in [0.2, 0.25) is 0 Å². The van der Waals surface area contributed by atoms with Gasteiger partial charge in [0, 0.05) is 34.7 Å². The Morgan fingerprint density at radius 2 is 2.00 bits per heavy atom. The first-order chi connectivity index (χ1) is 9.81. The van der Waals surface area contributed by atoms with Gasteiger partial charge in [0.15, 0.2) is 0 Å². The maximum Gasteiger partial charge on any atom is 0.123 e. The minimum absolute atomic E-state index is 0.161. The zero-order valence-corrected chi connectivity index (χ0v) is 12.9. The van der Waals surface area contributed by atoms with E-state index in [2.05, 4.69) is 22.4 Å². The van der Waals surface area contributed by atoms with Crippen molar-refractivity contribution < 1.29 is 4.39 Å². The standard InChI is InChI=1S/C16H18FNS2/c17-13-3-7-15(8-4-13)20-11-9-18(14-5-6-14)12-16-2-1-10-19-16/h1-4,7-8,10,14H,5-6,9,11-12H2. The highest BCUT2D eigenvalue weighted by molar-refractivity contribution is 7.99. The fraction of sp³-hybridized carbons (Fsp3) is 0.375. The summed E-state index contributed by atoms with van der Waals surface area (Å²) in [6, 6.07) is 11.9. The highest BCUT2D eigenvalue weighted by Crippen LogP contribution is 2.30. The van der Waals surface area contributed by atoms with Crippen LogP contribution in [0.3, 0.4) is 0 Å². The van der Waals surface area contributed by atoms with Gasteiger partial charge in [-0.25, -0.2) is 4.39 Å². The van der Waals surface area contributed by atoms with E-state index < -0.39 is 0 Å². The van der Waals surface area contributed by atoms with Crippen molar-refractivity contribution in [1.82, 2.24) is 4.90 Å². The van der Waals surface area contributed by atoms with Crippen LogP contribution in [0.25, 0.3) is 0 Å². The predicted molar refractivity (Wildman–Crippen MR) is 84.9 cm³/mol. The molecule has 1 fully saturated rings. The van der Waals surface area contributed by atoms with Crippen molar-refractivity contribution in [1.29, 1.82) is 0 Å². The monoisotopic (exact) mass is 307 g/mol. The van der Waals surface area contributed by atoms with Gasteiger partial charge < -0.3 is 0 Å². The first-order valence-corrected chi connectivity index (χ1v) is 8.82. The molecule has 0 atom stereocenters. The van der Waals surface area contributed by atoms with Crippen LogP contribution in [0.1, 0.15) is 17.7 Å². The fourth-order valence-electron chi connectivity index (χ4n) is 2.24. The second kappa shape index (κ2) is 6.74. The van der Waals surface area contributed by atoms with E-state index in [1.807, 2.05) is 35.2 Å². The van der Waals surface area contributed by atoms with E-state index in [1.54, 1.807) is 0 Å². The summed E-state index contributed by atoms with van der Waals surface area (Å²) in [4.78, 5) is 5.18. The smallest absolute Gasteiger partial charge is 0.123 e. The quantitative estimate of drug-likeness (QED) is 0.685. The average Bonchev–Trinajstić information content (AvgIpc) is 3.18. The van der Waals surface area contributed by atoms with Crippen LogP contribution in [-0.4, -0.2) is 23.2 Å². The summed E-state index contributed by atoms with van der Waals surface area (Å²) in [5.41, 5.74) is 0. The third-order valence-corrected chi connectivity index (χ3v) is 5.32. The summed E-state index contributed by atoms with van der Waals surface area (Å²) >= 11 is 3.65. The number of halogens is 1. The van der Waals surface area contributed by atoms with Gasteiger partial charge in [-0.1, -0.05) is 6.07 Å². The molecule has 4 heteroatoms. The molecule has 1 heterocycles. The molecule has 20 heavy (non-hydrogen) atoms. The summed E-state index contributed by atoms with van der Waals surface area (Å²) in [7, 11) is 0. The molecular formula is C16H18FNS2. The van der Waals surface area contributed by atoms with Gasteiger partial charge in [-0.05, 0) is 48.6 Å². The van der Waals surface area contributed by atoms with E-state index in [9.17, 15) is 4.39 Å². The van der Waals surface area contributed by atoms with Crippen LogP contribution in [-0.2, 0) is 6.54 Å². The largest absolute Gasteiger partial charge is 0.294 e. The van der Waals surface area contributed by atoms with E-state index in [1.165, 1.54) is 29.9 Å². The number of hydrogen-bond donors (Lipinski definition) is 0. The first-order valence-electron chi connectivity index (χ1n) is 6.96. The van der Waals surface area contributed by atoms with Crippen LogP contribution in [0.5, 0.6) is 0 Å². The van der Waals surface area contributed by atoms with E-state index in [0.717, 1.165) is 29.8 Å². The highest BCUT2D eigenvalue weighted by Gasteiger charge is 2.28. The zero-order chi connectivity index (χ0) is 13.8. The fourth-order valence-corrected chi connectivity index (χ4v) is 3.86. The molecule has 2 aromatic rings. The molecule has 0 radical (unpaired) electrons. The number of benzene rings is 1. The van der Waals surface area contributed by atoms with Gasteiger partial charge in [-0.15, -0.1) is 23.1 Å². The van der Waals surface area contributed by atoms with Crippen LogP contribution in [0.15, 0.2) is 46.7 Å². The van der Waals surface area contributed by atoms with Crippen LogP contribution in [0, 0.1) is 5.82 Å². The van der Waals surface area contributed by atoms with E-state index in [0.29, 0.717) is 0 Å². The summed E-state index contributed by atoms with van der Waals surface area (Å²) in [5.74, 6) is 0.902. The lowest BCUT2D eigenvalue weighted by Crippen LogP contribution is -2.27. The topological polar surface area (TPSA) is 3.24 Å². The number of hydrogen-bond acceptors (Lipinski definition) is 3. The minimum atomic E-state index is -0.161. The maximum absolute atomic E-state index is 12.8. The van der Waals surface area contributed by atoms with Crippen LogP contribution >= 0.6 is 23.1 Å². The van der Waals surface area contributed by atoms with Gasteiger partial charge in [0.05, 0.1) is 0 Å². The molecule has 1 saturated carbocycles.